The molecule has 0 heterocycles. The Morgan fingerprint density at radius 2 is 0.950 bits per heavy atom. The van der Waals surface area contributed by atoms with Gasteiger partial charge in [-0.1, -0.05) is 98.1 Å². The van der Waals surface area contributed by atoms with Gasteiger partial charge >= 0.3 is 0 Å². The Morgan fingerprint density at radius 1 is 0.650 bits per heavy atom. The number of benzene rings is 2. The maximum absolute atomic E-state index is 2.21. The van der Waals surface area contributed by atoms with Crippen LogP contribution in [0.2, 0.25) is 13.1 Å². The van der Waals surface area contributed by atoms with Gasteiger partial charge in [0.25, 0.3) is 0 Å². The smallest absolute Gasteiger partial charge is 0.0213 e. The van der Waals surface area contributed by atoms with Crippen LogP contribution in [0.3, 0.4) is 0 Å². The summed E-state index contributed by atoms with van der Waals surface area (Å²) in [6, 6.07) is 20.6. The van der Waals surface area contributed by atoms with E-state index in [9.17, 15) is 0 Å². The number of allylic oxidation sites excluding steroid dienone is 2. The average molecular weight is 313 g/mol. The zero-order valence-electron chi connectivity index (χ0n) is 12.2. The monoisotopic (exact) mass is 313 g/mol. The quantitative estimate of drug-likeness (QED) is 0.557. The van der Waals surface area contributed by atoms with E-state index in [-0.39, 0.29) is 21.7 Å². The summed E-state index contributed by atoms with van der Waals surface area (Å²) in [4.78, 5) is 0. The first-order chi connectivity index (χ1) is 9.36. The molecule has 1 radical (unpaired) electrons. The molecule has 0 saturated carbocycles. The Kier molecular flexibility index (Phi) is 12.1. The Labute approximate surface area is 140 Å². The second-order valence-electron chi connectivity index (χ2n) is 4.12. The predicted molar refractivity (Wildman–Crippen MR) is 89.8 cm³/mol. The fourth-order valence-electron chi connectivity index (χ4n) is 1.46. The molecule has 0 aliphatic rings. The summed E-state index contributed by atoms with van der Waals surface area (Å²) < 4.78 is 0. The Bertz CT molecular complexity index is 442. The molecule has 2 rings (SSSR count). The second kappa shape index (κ2) is 12.9. The van der Waals surface area contributed by atoms with Crippen molar-refractivity contribution in [1.29, 1.82) is 0 Å². The molecule has 0 aliphatic carbocycles. The van der Waals surface area contributed by atoms with Gasteiger partial charge in [-0.25, -0.2) is 0 Å². The first kappa shape index (κ1) is 18.9. The third kappa shape index (κ3) is 8.87. The minimum atomic E-state index is 0. The van der Waals surface area contributed by atoms with Crippen LogP contribution in [0.4, 0.5) is 0 Å². The van der Waals surface area contributed by atoms with E-state index in [4.69, 9.17) is 0 Å². The van der Waals surface area contributed by atoms with Crippen LogP contribution in [0, 0.1) is 0 Å². The average Bonchev–Trinajstić information content (AvgIpc) is 2.47. The van der Waals surface area contributed by atoms with Gasteiger partial charge in [-0.2, -0.15) is 0 Å². The van der Waals surface area contributed by atoms with E-state index in [0.717, 1.165) is 9.52 Å². The zero-order valence-corrected chi connectivity index (χ0v) is 14.9. The van der Waals surface area contributed by atoms with Crippen molar-refractivity contribution in [3.8, 4) is 0 Å². The molecule has 0 bridgehead atoms. The molecule has 2 aromatic rings. The van der Waals surface area contributed by atoms with E-state index < -0.39 is 0 Å². The summed E-state index contributed by atoms with van der Waals surface area (Å²) in [5.41, 5.74) is 2.44. The third-order valence-electron chi connectivity index (χ3n) is 2.29. The Balaban J connectivity index is 0.000000830. The van der Waals surface area contributed by atoms with Crippen molar-refractivity contribution < 1.29 is 21.7 Å². The van der Waals surface area contributed by atoms with E-state index in [1.807, 2.05) is 36.4 Å². The molecule has 20 heavy (non-hydrogen) atoms. The molecule has 0 saturated heterocycles. The molecule has 0 atom stereocenters. The predicted octanol–water partition coefficient (Wildman–Crippen LogP) is 4.93. The fraction of sp³-hybridized carbons (Fsp3) is 0.111. The summed E-state index contributed by atoms with van der Waals surface area (Å²) >= 11 is 0. The normalized spacial score (nSPS) is 9.90. The van der Waals surface area contributed by atoms with Crippen molar-refractivity contribution in [3.05, 3.63) is 83.9 Å². The molecule has 0 aliphatic heterocycles. The van der Waals surface area contributed by atoms with Crippen molar-refractivity contribution in [2.75, 3.05) is 0 Å². The zero-order chi connectivity index (χ0) is 13.8. The molecule has 0 nitrogen and oxygen atoms in total. The van der Waals surface area contributed by atoms with Gasteiger partial charge in [0.2, 0.25) is 0 Å². The van der Waals surface area contributed by atoms with E-state index in [1.54, 1.807) is 0 Å². The topological polar surface area (TPSA) is 0 Å². The van der Waals surface area contributed by atoms with E-state index in [2.05, 4.69) is 61.7 Å². The van der Waals surface area contributed by atoms with Crippen LogP contribution >= 0.6 is 0 Å². The van der Waals surface area contributed by atoms with Crippen LogP contribution in [0.25, 0.3) is 12.2 Å². The van der Waals surface area contributed by atoms with Crippen molar-refractivity contribution >= 4 is 21.7 Å². The van der Waals surface area contributed by atoms with Gasteiger partial charge in [0.15, 0.2) is 0 Å². The standard InChI is InChI=1S/C16H14.C2H7Si.Ti/c1-3-9-15(10-4-1)13-7-8-14-16-11-5-2-6-12-16;1-3-2;/h1-14H;3H,1-2H3;. The third-order valence-corrected chi connectivity index (χ3v) is 2.29. The van der Waals surface area contributed by atoms with Gasteiger partial charge in [-0.15, -0.1) is 0 Å². The van der Waals surface area contributed by atoms with E-state index in [1.165, 1.54) is 11.1 Å². The molecule has 0 unspecified atom stereocenters. The molecular formula is C18H21SiTi. The van der Waals surface area contributed by atoms with Crippen LogP contribution < -0.4 is 0 Å². The molecule has 0 amide bonds. The first-order valence-electron chi connectivity index (χ1n) is 6.55. The molecule has 0 N–H and O–H groups in total. The molecule has 0 aromatic heterocycles. The fourth-order valence-corrected chi connectivity index (χ4v) is 1.46. The van der Waals surface area contributed by atoms with Crippen molar-refractivity contribution in [2.24, 2.45) is 0 Å². The van der Waals surface area contributed by atoms with Gasteiger partial charge in [0.1, 0.15) is 0 Å². The SMILES string of the molecule is C(C=Cc1ccccc1)=Cc1ccccc1.C[SiH]C.[Ti]. The van der Waals surface area contributed by atoms with Crippen molar-refractivity contribution in [2.45, 2.75) is 13.1 Å². The second-order valence-corrected chi connectivity index (χ2v) is 5.27. The van der Waals surface area contributed by atoms with Gasteiger partial charge in [-0.3, -0.25) is 0 Å². The van der Waals surface area contributed by atoms with Gasteiger partial charge < -0.3 is 0 Å². The van der Waals surface area contributed by atoms with Gasteiger partial charge in [-0.05, 0) is 11.1 Å². The van der Waals surface area contributed by atoms with Crippen LogP contribution in [-0.2, 0) is 21.7 Å². The van der Waals surface area contributed by atoms with E-state index >= 15 is 0 Å². The largest absolute Gasteiger partial charge is 0.0743 e. The number of hydrogen-bond donors (Lipinski definition) is 0. The summed E-state index contributed by atoms with van der Waals surface area (Å²) in [6.45, 7) is 4.42. The van der Waals surface area contributed by atoms with Gasteiger partial charge in [0, 0.05) is 31.2 Å². The minimum absolute atomic E-state index is 0. The van der Waals surface area contributed by atoms with Crippen molar-refractivity contribution in [1.82, 2.24) is 0 Å². The van der Waals surface area contributed by atoms with Gasteiger partial charge in [0.05, 0.1) is 0 Å². The molecular weight excluding hydrogens is 292 g/mol. The molecule has 101 valence electrons. The number of hydrogen-bond acceptors (Lipinski definition) is 0. The summed E-state index contributed by atoms with van der Waals surface area (Å²) in [7, 11) is 0.750. The van der Waals surface area contributed by atoms with Crippen LogP contribution in [0.15, 0.2) is 72.8 Å². The maximum Gasteiger partial charge on any atom is 0.0213 e. The minimum Gasteiger partial charge on any atom is -0.0743 e. The summed E-state index contributed by atoms with van der Waals surface area (Å²) in [5.74, 6) is 0. The molecule has 0 spiro atoms. The van der Waals surface area contributed by atoms with E-state index in [0.29, 0.717) is 0 Å². The first-order valence-corrected chi connectivity index (χ1v) is 8.86. The van der Waals surface area contributed by atoms with Crippen molar-refractivity contribution in [3.63, 3.8) is 0 Å². The molecule has 0 fully saturated rings. The summed E-state index contributed by atoms with van der Waals surface area (Å²) in [6.07, 6.45) is 8.31. The maximum atomic E-state index is 2.21. The van der Waals surface area contributed by atoms with Crippen LogP contribution in [0.5, 0.6) is 0 Å². The molecule has 2 aromatic carbocycles. The Hall–Kier alpha value is -1.15. The van der Waals surface area contributed by atoms with Crippen LogP contribution in [0.1, 0.15) is 11.1 Å². The number of rotatable bonds is 3. The Morgan fingerprint density at radius 3 is 1.25 bits per heavy atom. The van der Waals surface area contributed by atoms with Crippen LogP contribution in [-0.4, -0.2) is 9.52 Å². The summed E-state index contributed by atoms with van der Waals surface area (Å²) in [5, 5.41) is 0. The molecule has 2 heteroatoms.